The Bertz CT molecular complexity index is 1340. The van der Waals surface area contributed by atoms with Crippen molar-refractivity contribution in [1.82, 2.24) is 0 Å². The van der Waals surface area contributed by atoms with Crippen LogP contribution in [-0.4, -0.2) is 40.4 Å². The standard InChI is InChI=1S/C40H51O4PSi/c1-6-42-40(43-7-2)46-29-13-11-9-8-10-12-28-44-38-27-20-34(41)30-39(38)45(35-21-14-31(3)15-22-35,36-23-16-32(4)17-24-36)37-25-18-33(5)19-26-37/h14-27,30,40H,6-13,28-29H2,1-5H3/p+1. The van der Waals surface area contributed by atoms with Gasteiger partial charge in [0.05, 0.1) is 6.61 Å². The Morgan fingerprint density at radius 1 is 0.609 bits per heavy atom. The number of aryl methyl sites for hydroxylation is 3. The molecule has 2 radical (unpaired) electrons. The SMILES string of the molecule is CCOC(OCC)[Si]CCCCCCCCOc1ccc(O)cc1[P+](c1ccc(C)cc1)(c1ccc(C)cc1)c1ccc(C)cc1. The molecule has 0 heterocycles. The maximum absolute atomic E-state index is 10.9. The zero-order valence-corrected chi connectivity index (χ0v) is 30.3. The van der Waals surface area contributed by atoms with Gasteiger partial charge in [0.15, 0.2) is 11.1 Å². The van der Waals surface area contributed by atoms with E-state index in [4.69, 9.17) is 14.2 Å². The van der Waals surface area contributed by atoms with Crippen molar-refractivity contribution in [2.45, 2.75) is 85.1 Å². The van der Waals surface area contributed by atoms with Gasteiger partial charge in [-0.1, -0.05) is 91.2 Å². The summed E-state index contributed by atoms with van der Waals surface area (Å²) in [6, 6.07) is 33.7. The molecule has 0 aliphatic rings. The molecule has 0 bridgehead atoms. The van der Waals surface area contributed by atoms with Crippen molar-refractivity contribution >= 4 is 38.0 Å². The Morgan fingerprint density at radius 3 is 1.54 bits per heavy atom. The van der Waals surface area contributed by atoms with Crippen LogP contribution in [0.5, 0.6) is 11.5 Å². The number of rotatable bonds is 19. The highest BCUT2D eigenvalue weighted by Crippen LogP contribution is 2.56. The fraction of sp³-hybridized carbons (Fsp3) is 0.400. The third kappa shape index (κ3) is 9.54. The fourth-order valence-corrected chi connectivity index (χ4v) is 11.4. The molecule has 0 spiro atoms. The van der Waals surface area contributed by atoms with Crippen LogP contribution in [0.3, 0.4) is 0 Å². The molecule has 0 unspecified atom stereocenters. The lowest BCUT2D eigenvalue weighted by molar-refractivity contribution is -0.0827. The summed E-state index contributed by atoms with van der Waals surface area (Å²) in [7, 11) is -1.71. The fourth-order valence-electron chi connectivity index (χ4n) is 5.86. The van der Waals surface area contributed by atoms with Crippen LogP contribution in [0.1, 0.15) is 69.1 Å². The van der Waals surface area contributed by atoms with Gasteiger partial charge in [0.25, 0.3) is 0 Å². The minimum atomic E-state index is -2.43. The molecule has 0 fully saturated rings. The largest absolute Gasteiger partial charge is 0.508 e. The van der Waals surface area contributed by atoms with E-state index in [0.29, 0.717) is 29.3 Å². The molecule has 4 aromatic rings. The van der Waals surface area contributed by atoms with Crippen molar-refractivity contribution < 1.29 is 19.3 Å². The average molecular weight is 656 g/mol. The lowest BCUT2D eigenvalue weighted by Gasteiger charge is -2.29. The van der Waals surface area contributed by atoms with Crippen LogP contribution in [0.2, 0.25) is 6.04 Å². The van der Waals surface area contributed by atoms with Crippen LogP contribution in [-0.2, 0) is 9.47 Å². The number of hydrogen-bond donors (Lipinski definition) is 1. The first-order valence-corrected chi connectivity index (χ1v) is 20.0. The minimum Gasteiger partial charge on any atom is -0.508 e. The number of ether oxygens (including phenoxy) is 3. The van der Waals surface area contributed by atoms with Crippen LogP contribution in [0.4, 0.5) is 0 Å². The molecule has 0 amide bonds. The second kappa shape index (κ2) is 18.4. The summed E-state index contributed by atoms with van der Waals surface area (Å²) in [5, 5.41) is 15.7. The first-order valence-electron chi connectivity index (χ1n) is 16.9. The summed E-state index contributed by atoms with van der Waals surface area (Å²) in [5.41, 5.74) is 3.67. The number of benzene rings is 4. The number of hydrogen-bond acceptors (Lipinski definition) is 4. The van der Waals surface area contributed by atoms with Crippen LogP contribution < -0.4 is 26.0 Å². The zero-order chi connectivity index (χ0) is 32.8. The molecule has 4 nitrogen and oxygen atoms in total. The molecule has 4 aromatic carbocycles. The average Bonchev–Trinajstić information content (AvgIpc) is 3.05. The van der Waals surface area contributed by atoms with E-state index in [1.54, 1.807) is 6.07 Å². The van der Waals surface area contributed by atoms with Gasteiger partial charge in [-0.25, -0.2) is 0 Å². The summed E-state index contributed by atoms with van der Waals surface area (Å²) >= 11 is 0. The zero-order valence-electron chi connectivity index (χ0n) is 28.4. The molecule has 244 valence electrons. The highest BCUT2D eigenvalue weighted by atomic mass is 31.2. The van der Waals surface area contributed by atoms with Crippen LogP contribution in [0.15, 0.2) is 91.0 Å². The van der Waals surface area contributed by atoms with Crippen molar-refractivity contribution in [3.05, 3.63) is 108 Å². The van der Waals surface area contributed by atoms with E-state index in [1.165, 1.54) is 64.3 Å². The molecule has 0 atom stereocenters. The van der Waals surface area contributed by atoms with Gasteiger partial charge < -0.3 is 19.3 Å². The predicted molar refractivity (Wildman–Crippen MR) is 198 cm³/mol. The monoisotopic (exact) mass is 655 g/mol. The second-order valence-corrected chi connectivity index (χ2v) is 16.7. The Kier molecular flexibility index (Phi) is 14.4. The molecular formula is C40H52O4PSi+. The summed E-state index contributed by atoms with van der Waals surface area (Å²) < 4.78 is 18.0. The number of phenolic OH excluding ortho intramolecular Hbond substituents is 1. The van der Waals surface area contributed by atoms with Crippen LogP contribution >= 0.6 is 7.26 Å². The topological polar surface area (TPSA) is 47.9 Å². The van der Waals surface area contributed by atoms with Gasteiger partial charge >= 0.3 is 0 Å². The highest BCUT2D eigenvalue weighted by Gasteiger charge is 2.50. The summed E-state index contributed by atoms with van der Waals surface area (Å²) in [6.45, 7) is 12.5. The van der Waals surface area contributed by atoms with Gasteiger partial charge in [-0.15, -0.1) is 0 Å². The quantitative estimate of drug-likeness (QED) is 0.0480. The molecule has 0 aromatic heterocycles. The van der Waals surface area contributed by atoms with Crippen molar-refractivity contribution in [2.24, 2.45) is 0 Å². The number of phenols is 1. The summed E-state index contributed by atoms with van der Waals surface area (Å²) in [6.07, 6.45) is 7.07. The van der Waals surface area contributed by atoms with E-state index in [9.17, 15) is 5.11 Å². The Morgan fingerprint density at radius 2 is 1.07 bits per heavy atom. The van der Waals surface area contributed by atoms with Gasteiger partial charge in [0.2, 0.25) is 0 Å². The summed E-state index contributed by atoms with van der Waals surface area (Å²) in [4.78, 5) is 0. The molecule has 0 saturated carbocycles. The smallest absolute Gasteiger partial charge is 0.162 e. The molecule has 1 N–H and O–H groups in total. The van der Waals surface area contributed by atoms with E-state index in [1.807, 2.05) is 26.0 Å². The highest BCUT2D eigenvalue weighted by molar-refractivity contribution is 8.01. The summed E-state index contributed by atoms with van der Waals surface area (Å²) in [5.74, 6) is 1.08. The second-order valence-electron chi connectivity index (χ2n) is 12.0. The lowest BCUT2D eigenvalue weighted by atomic mass is 10.1. The van der Waals surface area contributed by atoms with Crippen molar-refractivity contribution in [1.29, 1.82) is 0 Å². The number of unbranched alkanes of at least 4 members (excludes halogenated alkanes) is 5. The lowest BCUT2D eigenvalue weighted by Crippen LogP contribution is -2.39. The van der Waals surface area contributed by atoms with E-state index >= 15 is 0 Å². The van der Waals surface area contributed by atoms with Crippen LogP contribution in [0.25, 0.3) is 0 Å². The van der Waals surface area contributed by atoms with E-state index in [0.717, 1.165) is 23.9 Å². The Hall–Kier alpha value is -2.95. The van der Waals surface area contributed by atoms with Crippen molar-refractivity contribution in [3.63, 3.8) is 0 Å². The third-order valence-electron chi connectivity index (χ3n) is 8.34. The van der Waals surface area contributed by atoms with Gasteiger partial charge in [0, 0.05) is 19.3 Å². The van der Waals surface area contributed by atoms with Gasteiger partial charge in [-0.2, -0.15) is 0 Å². The normalized spacial score (nSPS) is 11.7. The van der Waals surface area contributed by atoms with E-state index < -0.39 is 7.26 Å². The predicted octanol–water partition coefficient (Wildman–Crippen LogP) is 8.14. The molecule has 6 heteroatoms. The van der Waals surface area contributed by atoms with E-state index in [-0.39, 0.29) is 11.7 Å². The van der Waals surface area contributed by atoms with Crippen molar-refractivity contribution in [2.75, 3.05) is 19.8 Å². The molecule has 0 saturated heterocycles. The first-order chi connectivity index (χ1) is 22.4. The molecule has 0 aliphatic carbocycles. The Labute approximate surface area is 280 Å². The molecule has 0 aliphatic heterocycles. The first kappa shape index (κ1) is 35.9. The maximum Gasteiger partial charge on any atom is 0.162 e. The molecular weight excluding hydrogens is 603 g/mol. The third-order valence-corrected chi connectivity index (χ3v) is 13.9. The van der Waals surface area contributed by atoms with Gasteiger partial charge in [0.1, 0.15) is 44.4 Å². The Balaban J connectivity index is 1.52. The molecule has 4 rings (SSSR count). The van der Waals surface area contributed by atoms with E-state index in [2.05, 4.69) is 93.6 Å². The van der Waals surface area contributed by atoms with Crippen LogP contribution in [0, 0.1) is 20.8 Å². The van der Waals surface area contributed by atoms with Gasteiger partial charge in [-0.3, -0.25) is 0 Å². The number of aromatic hydroxyl groups is 1. The minimum absolute atomic E-state index is 0.0267. The maximum atomic E-state index is 10.9. The van der Waals surface area contributed by atoms with Gasteiger partial charge in [-0.05, 0) is 89.6 Å². The van der Waals surface area contributed by atoms with Crippen molar-refractivity contribution in [3.8, 4) is 11.5 Å². The molecule has 46 heavy (non-hydrogen) atoms.